The van der Waals surface area contributed by atoms with Crippen LogP contribution in [0.1, 0.15) is 26.3 Å². The molecule has 0 saturated heterocycles. The van der Waals surface area contributed by atoms with Crippen molar-refractivity contribution in [1.82, 2.24) is 4.58 Å². The number of rotatable bonds is 1. The summed E-state index contributed by atoms with van der Waals surface area (Å²) in [6, 6.07) is 19.3. The third kappa shape index (κ3) is 3.96. The number of hydrogen-bond donors (Lipinski definition) is 0. The molecular weight excluding hydrogens is 318 g/mol. The lowest BCUT2D eigenvalue weighted by atomic mass is 9.82. The Balaban J connectivity index is 0.000000338. The van der Waals surface area contributed by atoms with E-state index in [1.165, 1.54) is 22.6 Å². The van der Waals surface area contributed by atoms with Crippen LogP contribution in [0.25, 0.3) is 0 Å². The average molecular weight is 336 g/mol. The van der Waals surface area contributed by atoms with Crippen LogP contribution < -0.4 is 23.2 Å². The summed E-state index contributed by atoms with van der Waals surface area (Å²) < 4.78 is 36.3. The summed E-state index contributed by atoms with van der Waals surface area (Å²) in [5, 5.41) is 0. The predicted molar refractivity (Wildman–Crippen MR) is 78.0 cm³/mol. The number of nitrogens with zero attached hydrogens (tertiary/aromatic N) is 1. The van der Waals surface area contributed by atoms with Gasteiger partial charge >= 0.3 is 0 Å². The fourth-order valence-corrected chi connectivity index (χ4v) is 2.76. The summed E-state index contributed by atoms with van der Waals surface area (Å²) in [6.07, 6.45) is 0. The molecule has 23 heavy (non-hydrogen) atoms. The minimum absolute atomic E-state index is 0.104. The molecule has 0 radical (unpaired) electrons. The van der Waals surface area contributed by atoms with Crippen molar-refractivity contribution in [3.8, 4) is 0 Å². The van der Waals surface area contributed by atoms with Gasteiger partial charge in [0.05, 0.1) is 5.41 Å². The van der Waals surface area contributed by atoms with Gasteiger partial charge < -0.3 is 0 Å². The van der Waals surface area contributed by atoms with Crippen LogP contribution in [0.5, 0.6) is 0 Å². The Kier molecular flexibility index (Phi) is 4.89. The molecule has 2 aromatic carbocycles. The number of para-hydroxylation sites is 2. The normalized spacial score (nSPS) is 15.8. The van der Waals surface area contributed by atoms with E-state index in [2.05, 4.69) is 79.9 Å². The molecule has 0 atom stereocenters. The molecule has 5 nitrogen and oxygen atoms in total. The van der Waals surface area contributed by atoms with Crippen molar-refractivity contribution in [2.75, 3.05) is 0 Å². The lowest BCUT2D eigenvalue weighted by molar-refractivity contribution is -2.00. The highest BCUT2D eigenvalue weighted by atomic mass is 35.7. The SMILES string of the molecule is CC1=[N+](c2ccccc2)c2ccccc2C1(C)C.[O-][Cl+3]([O-])([O-])[O-]. The zero-order chi connectivity index (χ0) is 17.3. The number of benzene rings is 2. The van der Waals surface area contributed by atoms with Gasteiger partial charge in [-0.15, -0.1) is 10.2 Å². The highest BCUT2D eigenvalue weighted by molar-refractivity contribution is 6.02. The Hall–Kier alpha value is -1.76. The number of fused-ring (bicyclic) bond motifs is 1. The molecule has 0 unspecified atom stereocenters. The van der Waals surface area contributed by atoms with Crippen molar-refractivity contribution in [1.29, 1.82) is 0 Å². The Morgan fingerprint density at radius 3 is 1.87 bits per heavy atom. The van der Waals surface area contributed by atoms with Crippen molar-refractivity contribution in [2.45, 2.75) is 26.2 Å². The highest BCUT2D eigenvalue weighted by Crippen LogP contribution is 2.40. The molecule has 1 aliphatic heterocycles. The van der Waals surface area contributed by atoms with Crippen molar-refractivity contribution in [3.05, 3.63) is 60.2 Å². The Morgan fingerprint density at radius 2 is 1.30 bits per heavy atom. The third-order valence-corrected chi connectivity index (χ3v) is 4.07. The van der Waals surface area contributed by atoms with Crippen LogP contribution in [-0.4, -0.2) is 5.71 Å². The molecule has 0 bridgehead atoms. The monoisotopic (exact) mass is 335 g/mol. The zero-order valence-electron chi connectivity index (χ0n) is 13.2. The molecule has 122 valence electrons. The predicted octanol–water partition coefficient (Wildman–Crippen LogP) is -0.483. The molecule has 1 heterocycles. The van der Waals surface area contributed by atoms with Gasteiger partial charge in [-0.05, 0) is 13.8 Å². The second-order valence-corrected chi connectivity index (χ2v) is 6.53. The first-order valence-electron chi connectivity index (χ1n) is 7.03. The van der Waals surface area contributed by atoms with Gasteiger partial charge in [0.15, 0.2) is 5.71 Å². The van der Waals surface area contributed by atoms with E-state index in [9.17, 15) is 0 Å². The van der Waals surface area contributed by atoms with E-state index < -0.39 is 10.2 Å². The first-order valence-corrected chi connectivity index (χ1v) is 8.26. The van der Waals surface area contributed by atoms with Gasteiger partial charge in [0, 0.05) is 30.7 Å². The standard InChI is InChI=1S/C17H18N.ClHO4/c1-13-17(2,3)15-11-7-8-12-16(15)18(13)14-9-5-4-6-10-14;2-1(3,4)5/h4-12H,1-3H3;(H,2,3,4,5)/q+1;/p-1. The van der Waals surface area contributed by atoms with Crippen LogP contribution in [0.3, 0.4) is 0 Å². The summed E-state index contributed by atoms with van der Waals surface area (Å²) in [5.41, 5.74) is 5.45. The minimum Gasteiger partial charge on any atom is -0.222 e. The fourth-order valence-electron chi connectivity index (χ4n) is 2.76. The largest absolute Gasteiger partial charge is 0.222 e. The molecule has 0 aliphatic carbocycles. The molecule has 0 saturated carbocycles. The summed E-state index contributed by atoms with van der Waals surface area (Å²) in [4.78, 5) is 0. The summed E-state index contributed by atoms with van der Waals surface area (Å²) in [5.74, 6) is 0. The molecule has 0 spiro atoms. The molecular formula is C17H18ClNO4. The van der Waals surface area contributed by atoms with E-state index in [-0.39, 0.29) is 5.41 Å². The second kappa shape index (κ2) is 6.39. The van der Waals surface area contributed by atoms with E-state index in [1.807, 2.05) is 0 Å². The van der Waals surface area contributed by atoms with Crippen molar-refractivity contribution < 1.29 is 28.9 Å². The van der Waals surface area contributed by atoms with E-state index in [1.54, 1.807) is 0 Å². The Bertz CT molecular complexity index is 715. The van der Waals surface area contributed by atoms with Crippen molar-refractivity contribution >= 4 is 17.1 Å². The van der Waals surface area contributed by atoms with E-state index >= 15 is 0 Å². The third-order valence-electron chi connectivity index (χ3n) is 4.07. The Morgan fingerprint density at radius 1 is 0.826 bits per heavy atom. The average Bonchev–Trinajstić information content (AvgIpc) is 2.66. The van der Waals surface area contributed by atoms with Crippen molar-refractivity contribution in [2.24, 2.45) is 0 Å². The first kappa shape index (κ1) is 17.6. The van der Waals surface area contributed by atoms with E-state index in [4.69, 9.17) is 18.6 Å². The zero-order valence-corrected chi connectivity index (χ0v) is 13.9. The lowest BCUT2D eigenvalue weighted by Crippen LogP contribution is -2.68. The smallest absolute Gasteiger partial charge is 0.215 e. The van der Waals surface area contributed by atoms with Gasteiger partial charge in [-0.2, -0.15) is 4.58 Å². The van der Waals surface area contributed by atoms with Crippen LogP contribution in [0.2, 0.25) is 0 Å². The van der Waals surface area contributed by atoms with Gasteiger partial charge in [-0.3, -0.25) is 0 Å². The Labute approximate surface area is 137 Å². The van der Waals surface area contributed by atoms with E-state index in [0.29, 0.717) is 0 Å². The van der Waals surface area contributed by atoms with Crippen LogP contribution >= 0.6 is 0 Å². The van der Waals surface area contributed by atoms with Crippen LogP contribution in [0.4, 0.5) is 11.4 Å². The minimum atomic E-state index is -4.94. The quantitative estimate of drug-likeness (QED) is 0.657. The molecule has 1 aliphatic rings. The first-order chi connectivity index (χ1) is 10.6. The summed E-state index contributed by atoms with van der Waals surface area (Å²) in [6.45, 7) is 6.82. The maximum absolute atomic E-state index is 8.49. The molecule has 0 aromatic heterocycles. The van der Waals surface area contributed by atoms with Crippen LogP contribution in [0, 0.1) is 10.2 Å². The van der Waals surface area contributed by atoms with E-state index in [0.717, 1.165) is 0 Å². The molecule has 2 aromatic rings. The van der Waals surface area contributed by atoms with Gasteiger partial charge in [0.2, 0.25) is 11.4 Å². The maximum Gasteiger partial charge on any atom is 0.215 e. The summed E-state index contributed by atoms with van der Waals surface area (Å²) in [7, 11) is -4.94. The lowest BCUT2D eigenvalue weighted by Gasteiger charge is -2.17. The molecule has 0 N–H and O–H groups in total. The molecule has 0 fully saturated rings. The van der Waals surface area contributed by atoms with Crippen molar-refractivity contribution in [3.63, 3.8) is 0 Å². The van der Waals surface area contributed by atoms with Gasteiger partial charge in [0.1, 0.15) is 0 Å². The number of halogens is 1. The van der Waals surface area contributed by atoms with Gasteiger partial charge in [0.25, 0.3) is 0 Å². The molecule has 6 heteroatoms. The summed E-state index contributed by atoms with van der Waals surface area (Å²) >= 11 is 0. The second-order valence-electron chi connectivity index (χ2n) is 5.78. The van der Waals surface area contributed by atoms with Crippen LogP contribution in [-0.2, 0) is 5.41 Å². The van der Waals surface area contributed by atoms with Gasteiger partial charge in [-0.25, -0.2) is 18.6 Å². The molecule has 0 amide bonds. The van der Waals surface area contributed by atoms with Crippen LogP contribution in [0.15, 0.2) is 54.6 Å². The molecule has 3 rings (SSSR count). The topological polar surface area (TPSA) is 95.2 Å². The maximum atomic E-state index is 8.49. The number of hydrogen-bond acceptors (Lipinski definition) is 4. The highest BCUT2D eigenvalue weighted by Gasteiger charge is 2.43. The van der Waals surface area contributed by atoms with Gasteiger partial charge in [-0.1, -0.05) is 36.4 Å². The fraction of sp³-hybridized carbons (Fsp3) is 0.235.